The van der Waals surface area contributed by atoms with Crippen molar-refractivity contribution < 1.29 is 5.11 Å². The molecule has 2 N–H and O–H groups in total. The number of aliphatic hydroxyl groups excluding tert-OH is 1. The lowest BCUT2D eigenvalue weighted by atomic mass is 10.0. The average Bonchev–Trinajstić information content (AvgIpc) is 3.10. The Kier molecular flexibility index (Phi) is 4.77. The van der Waals surface area contributed by atoms with Crippen LogP contribution in [0, 0.1) is 13.8 Å². The van der Waals surface area contributed by atoms with Crippen LogP contribution >= 0.6 is 0 Å². The van der Waals surface area contributed by atoms with E-state index in [1.165, 1.54) is 16.7 Å². The molecule has 5 heteroatoms. The number of anilines is 1. The minimum atomic E-state index is -0.0199. The summed E-state index contributed by atoms with van der Waals surface area (Å²) in [5.41, 5.74) is 5.81. The monoisotopic (exact) mass is 360 g/mol. The van der Waals surface area contributed by atoms with E-state index in [9.17, 15) is 0 Å². The summed E-state index contributed by atoms with van der Waals surface area (Å²) in [7, 11) is 0. The van der Waals surface area contributed by atoms with Gasteiger partial charge in [0.1, 0.15) is 6.04 Å². The minimum Gasteiger partial charge on any atom is -0.396 e. The van der Waals surface area contributed by atoms with Crippen LogP contribution in [0.15, 0.2) is 54.6 Å². The Labute approximate surface area is 159 Å². The Morgan fingerprint density at radius 3 is 2.33 bits per heavy atom. The van der Waals surface area contributed by atoms with Crippen LogP contribution in [-0.2, 0) is 6.42 Å². The van der Waals surface area contributed by atoms with E-state index in [1.807, 2.05) is 4.68 Å². The predicted octanol–water partition coefficient (Wildman–Crippen LogP) is 3.88. The van der Waals surface area contributed by atoms with Crippen molar-refractivity contribution in [2.45, 2.75) is 32.7 Å². The van der Waals surface area contributed by atoms with E-state index < -0.39 is 0 Å². The summed E-state index contributed by atoms with van der Waals surface area (Å²) < 4.78 is 1.94. The van der Waals surface area contributed by atoms with Crippen LogP contribution in [0.1, 0.15) is 40.5 Å². The molecule has 0 amide bonds. The Bertz CT molecular complexity index is 955. The van der Waals surface area contributed by atoms with Gasteiger partial charge < -0.3 is 10.4 Å². The SMILES string of the molecule is Cc1ccc(C2=C[C@H](c3ccc(C)cc3)n3nc(CCCO)nc3N2)cc1. The molecule has 1 aliphatic rings. The Balaban J connectivity index is 1.76. The van der Waals surface area contributed by atoms with Crippen molar-refractivity contribution in [3.05, 3.63) is 82.7 Å². The van der Waals surface area contributed by atoms with E-state index in [1.54, 1.807) is 0 Å². The second kappa shape index (κ2) is 7.37. The molecule has 5 nitrogen and oxygen atoms in total. The number of benzene rings is 2. The van der Waals surface area contributed by atoms with Crippen LogP contribution in [0.4, 0.5) is 5.95 Å². The lowest BCUT2D eigenvalue weighted by molar-refractivity contribution is 0.287. The van der Waals surface area contributed by atoms with Gasteiger partial charge >= 0.3 is 0 Å². The zero-order chi connectivity index (χ0) is 18.8. The van der Waals surface area contributed by atoms with E-state index in [4.69, 9.17) is 10.2 Å². The smallest absolute Gasteiger partial charge is 0.226 e. The number of fused-ring (bicyclic) bond motifs is 1. The third-order valence-corrected chi connectivity index (χ3v) is 4.85. The van der Waals surface area contributed by atoms with Gasteiger partial charge in [0.2, 0.25) is 5.95 Å². The topological polar surface area (TPSA) is 63.0 Å². The molecule has 0 bridgehead atoms. The van der Waals surface area contributed by atoms with E-state index >= 15 is 0 Å². The van der Waals surface area contributed by atoms with Crippen molar-refractivity contribution in [2.75, 3.05) is 11.9 Å². The largest absolute Gasteiger partial charge is 0.396 e. The van der Waals surface area contributed by atoms with Crippen molar-refractivity contribution in [1.82, 2.24) is 14.8 Å². The summed E-state index contributed by atoms with van der Waals surface area (Å²) in [4.78, 5) is 4.66. The van der Waals surface area contributed by atoms with Crippen LogP contribution in [0.5, 0.6) is 0 Å². The lowest BCUT2D eigenvalue weighted by Gasteiger charge is -2.24. The first-order valence-electron chi connectivity index (χ1n) is 9.33. The van der Waals surface area contributed by atoms with Crippen molar-refractivity contribution >= 4 is 11.6 Å². The lowest BCUT2D eigenvalue weighted by Crippen LogP contribution is -2.20. The Morgan fingerprint density at radius 2 is 1.67 bits per heavy atom. The molecule has 4 rings (SSSR count). The van der Waals surface area contributed by atoms with Gasteiger partial charge in [-0.15, -0.1) is 0 Å². The molecular weight excluding hydrogens is 336 g/mol. The minimum absolute atomic E-state index is 0.0199. The number of aryl methyl sites for hydroxylation is 3. The molecule has 0 radical (unpaired) electrons. The molecule has 0 aliphatic carbocycles. The van der Waals surface area contributed by atoms with E-state index in [2.05, 4.69) is 78.8 Å². The number of nitrogens with zero attached hydrogens (tertiary/aromatic N) is 3. The molecule has 0 saturated heterocycles. The highest BCUT2D eigenvalue weighted by molar-refractivity contribution is 5.77. The maximum atomic E-state index is 9.11. The second-order valence-corrected chi connectivity index (χ2v) is 7.05. The van der Waals surface area contributed by atoms with Gasteiger partial charge in [0.05, 0.1) is 0 Å². The van der Waals surface area contributed by atoms with Gasteiger partial charge in [0, 0.05) is 18.7 Å². The zero-order valence-corrected chi connectivity index (χ0v) is 15.7. The maximum Gasteiger partial charge on any atom is 0.226 e. The molecule has 138 valence electrons. The van der Waals surface area contributed by atoms with Crippen molar-refractivity contribution in [1.29, 1.82) is 0 Å². The van der Waals surface area contributed by atoms with Gasteiger partial charge in [-0.1, -0.05) is 59.7 Å². The molecule has 3 aromatic rings. The first-order chi connectivity index (χ1) is 13.1. The number of hydrogen-bond acceptors (Lipinski definition) is 4. The van der Waals surface area contributed by atoms with Gasteiger partial charge in [-0.2, -0.15) is 10.1 Å². The average molecular weight is 360 g/mol. The van der Waals surface area contributed by atoms with Gasteiger partial charge in [-0.05, 0) is 37.5 Å². The standard InChI is InChI=1S/C22H24N4O/c1-15-5-9-17(10-6-15)19-14-20(18-11-7-16(2)8-12-18)26-22(23-19)24-21(25-26)4-3-13-27/h5-12,14,20,27H,3-4,13H2,1-2H3,(H,23,24,25)/t20-/m1/s1. The third kappa shape index (κ3) is 3.64. The number of rotatable bonds is 5. The summed E-state index contributed by atoms with van der Waals surface area (Å²) in [5, 5.41) is 17.2. The maximum absolute atomic E-state index is 9.11. The number of aromatic nitrogens is 3. The van der Waals surface area contributed by atoms with Gasteiger partial charge in [-0.3, -0.25) is 0 Å². The first-order valence-corrected chi connectivity index (χ1v) is 9.33. The predicted molar refractivity (Wildman–Crippen MR) is 108 cm³/mol. The van der Waals surface area contributed by atoms with Crippen molar-refractivity contribution in [3.63, 3.8) is 0 Å². The van der Waals surface area contributed by atoms with Crippen LogP contribution in [0.25, 0.3) is 5.70 Å². The molecular formula is C22H24N4O. The first kappa shape index (κ1) is 17.5. The van der Waals surface area contributed by atoms with Crippen LogP contribution < -0.4 is 5.32 Å². The van der Waals surface area contributed by atoms with Crippen molar-refractivity contribution in [2.24, 2.45) is 0 Å². The molecule has 1 aliphatic heterocycles. The van der Waals surface area contributed by atoms with Gasteiger partial charge in [-0.25, -0.2) is 4.68 Å². The number of aliphatic hydroxyl groups is 1. The Morgan fingerprint density at radius 1 is 1.00 bits per heavy atom. The number of nitrogens with one attached hydrogen (secondary N) is 1. The Hall–Kier alpha value is -2.92. The van der Waals surface area contributed by atoms with Crippen LogP contribution in [0.3, 0.4) is 0 Å². The quantitative estimate of drug-likeness (QED) is 0.725. The molecule has 0 spiro atoms. The molecule has 2 heterocycles. The zero-order valence-electron chi connectivity index (χ0n) is 15.7. The van der Waals surface area contributed by atoms with Crippen molar-refractivity contribution in [3.8, 4) is 0 Å². The molecule has 2 aromatic carbocycles. The molecule has 0 fully saturated rings. The fraction of sp³-hybridized carbons (Fsp3) is 0.273. The number of hydrogen-bond donors (Lipinski definition) is 2. The van der Waals surface area contributed by atoms with Gasteiger partial charge in [0.15, 0.2) is 5.82 Å². The highest BCUT2D eigenvalue weighted by Crippen LogP contribution is 2.32. The molecule has 27 heavy (non-hydrogen) atoms. The van der Waals surface area contributed by atoms with Crippen LogP contribution in [-0.4, -0.2) is 26.5 Å². The summed E-state index contributed by atoms with van der Waals surface area (Å²) in [6.45, 7) is 4.32. The van der Waals surface area contributed by atoms with E-state index in [-0.39, 0.29) is 12.6 Å². The molecule has 1 atom stereocenters. The van der Waals surface area contributed by atoms with E-state index in [0.717, 1.165) is 23.0 Å². The highest BCUT2D eigenvalue weighted by Gasteiger charge is 2.25. The summed E-state index contributed by atoms with van der Waals surface area (Å²) in [6, 6.07) is 17.0. The summed E-state index contributed by atoms with van der Waals surface area (Å²) in [6.07, 6.45) is 3.53. The second-order valence-electron chi connectivity index (χ2n) is 7.05. The number of allylic oxidation sites excluding steroid dienone is 1. The fourth-order valence-corrected chi connectivity index (χ4v) is 3.28. The summed E-state index contributed by atoms with van der Waals surface area (Å²) in [5.74, 6) is 1.49. The van der Waals surface area contributed by atoms with E-state index in [0.29, 0.717) is 12.8 Å². The molecule has 0 unspecified atom stereocenters. The van der Waals surface area contributed by atoms with Crippen LogP contribution in [0.2, 0.25) is 0 Å². The third-order valence-electron chi connectivity index (χ3n) is 4.85. The molecule has 0 saturated carbocycles. The normalized spacial score (nSPS) is 15.8. The summed E-state index contributed by atoms with van der Waals surface area (Å²) >= 11 is 0. The fourth-order valence-electron chi connectivity index (χ4n) is 3.28. The molecule has 1 aromatic heterocycles. The highest BCUT2D eigenvalue weighted by atomic mass is 16.2. The van der Waals surface area contributed by atoms with Gasteiger partial charge in [0.25, 0.3) is 0 Å².